The van der Waals surface area contributed by atoms with Gasteiger partial charge in [0.2, 0.25) is 0 Å². The quantitative estimate of drug-likeness (QED) is 0.255. The van der Waals surface area contributed by atoms with Gasteiger partial charge in [-0.1, -0.05) is 42.5 Å². The molecule has 1 fully saturated rings. The average Bonchev–Trinajstić information content (AvgIpc) is 3.62. The zero-order valence-corrected chi connectivity index (χ0v) is 19.7. The molecular formula is C26H16F11NO2. The summed E-state index contributed by atoms with van der Waals surface area (Å²) in [5.74, 6) is -4.33. The Bertz CT molecular complexity index is 1370. The number of carbonyl (C=O) groups excluding carboxylic acids is 1. The summed E-state index contributed by atoms with van der Waals surface area (Å²) < 4.78 is 154. The van der Waals surface area contributed by atoms with Crippen molar-refractivity contribution < 1.29 is 57.8 Å². The highest BCUT2D eigenvalue weighted by molar-refractivity contribution is 5.87. The predicted molar refractivity (Wildman–Crippen MR) is 117 cm³/mol. The Labute approximate surface area is 218 Å². The minimum atomic E-state index is -6.09. The zero-order valence-electron chi connectivity index (χ0n) is 19.7. The summed E-state index contributed by atoms with van der Waals surface area (Å²) in [4.78, 5) is 13.1. The van der Waals surface area contributed by atoms with E-state index in [0.717, 1.165) is 24.3 Å². The number of rotatable bonds is 6. The van der Waals surface area contributed by atoms with Crippen molar-refractivity contribution in [2.75, 3.05) is 0 Å². The van der Waals surface area contributed by atoms with Gasteiger partial charge in [-0.25, -0.2) is 8.78 Å². The fourth-order valence-electron chi connectivity index (χ4n) is 4.45. The van der Waals surface area contributed by atoms with E-state index in [1.165, 1.54) is 30.3 Å². The van der Waals surface area contributed by atoms with Gasteiger partial charge in [-0.15, -0.1) is 0 Å². The van der Waals surface area contributed by atoms with Crippen molar-refractivity contribution in [2.45, 2.75) is 42.2 Å². The molecule has 4 rings (SSSR count). The molecule has 0 aliphatic carbocycles. The van der Waals surface area contributed by atoms with Crippen LogP contribution in [-0.2, 0) is 27.7 Å². The molecule has 0 radical (unpaired) electrons. The van der Waals surface area contributed by atoms with Gasteiger partial charge in [-0.3, -0.25) is 4.79 Å². The molecule has 2 atom stereocenters. The Balaban J connectivity index is 1.94. The van der Waals surface area contributed by atoms with Gasteiger partial charge in [0.15, 0.2) is 6.10 Å². The molecule has 1 aliphatic rings. The first-order chi connectivity index (χ1) is 18.4. The normalized spacial score (nSPS) is 18.6. The first kappa shape index (κ1) is 29.3. The highest BCUT2D eigenvalue weighted by Crippen LogP contribution is 2.59. The summed E-state index contributed by atoms with van der Waals surface area (Å²) in [7, 11) is 0. The molecule has 1 heterocycles. The molecular weight excluding hydrogens is 567 g/mol. The van der Waals surface area contributed by atoms with E-state index in [-0.39, 0.29) is 17.2 Å². The van der Waals surface area contributed by atoms with E-state index < -0.39 is 70.9 Å². The van der Waals surface area contributed by atoms with Crippen LogP contribution in [0.4, 0.5) is 48.3 Å². The minimum absolute atomic E-state index is 0.117. The molecule has 214 valence electrons. The summed E-state index contributed by atoms with van der Waals surface area (Å²) in [5, 5.41) is 1.98. The van der Waals surface area contributed by atoms with Crippen molar-refractivity contribution >= 4 is 5.91 Å². The molecule has 1 amide bonds. The van der Waals surface area contributed by atoms with E-state index >= 15 is 0 Å². The van der Waals surface area contributed by atoms with Crippen LogP contribution in [0.3, 0.4) is 0 Å². The fraction of sp³-hybridized carbons (Fsp3) is 0.269. The van der Waals surface area contributed by atoms with E-state index in [0.29, 0.717) is 12.1 Å². The highest BCUT2D eigenvalue weighted by Gasteiger charge is 2.88. The van der Waals surface area contributed by atoms with Crippen LogP contribution in [0.5, 0.6) is 0 Å². The Morgan fingerprint density at radius 2 is 1.27 bits per heavy atom. The second-order valence-electron chi connectivity index (χ2n) is 9.02. The van der Waals surface area contributed by atoms with E-state index in [1.54, 1.807) is 0 Å². The molecule has 0 aromatic heterocycles. The molecule has 1 N–H and O–H groups in total. The summed E-state index contributed by atoms with van der Waals surface area (Å²) >= 11 is 0. The molecule has 1 saturated heterocycles. The second-order valence-corrected chi connectivity index (χ2v) is 9.02. The van der Waals surface area contributed by atoms with Crippen molar-refractivity contribution in [1.29, 1.82) is 0 Å². The Morgan fingerprint density at radius 3 is 1.77 bits per heavy atom. The highest BCUT2D eigenvalue weighted by atomic mass is 19.4. The Hall–Kier alpha value is -3.68. The lowest BCUT2D eigenvalue weighted by molar-refractivity contribution is -0.292. The second kappa shape index (κ2) is 9.75. The number of halogens is 11. The lowest BCUT2D eigenvalue weighted by Crippen LogP contribution is -2.55. The number of hydrogen-bond donors (Lipinski definition) is 1. The summed E-state index contributed by atoms with van der Waals surface area (Å²) in [6.07, 6.45) is -21.1. The van der Waals surface area contributed by atoms with Gasteiger partial charge < -0.3 is 10.1 Å². The lowest BCUT2D eigenvalue weighted by atomic mass is 9.77. The van der Waals surface area contributed by atoms with Crippen LogP contribution >= 0.6 is 0 Å². The van der Waals surface area contributed by atoms with Crippen LogP contribution in [0.1, 0.15) is 22.3 Å². The maximum Gasteiger partial charge on any atom is 0.429 e. The summed E-state index contributed by atoms with van der Waals surface area (Å²) in [6, 6.07) is 11.8. The summed E-state index contributed by atoms with van der Waals surface area (Å²) in [6.45, 7) is 0. The molecule has 14 heteroatoms. The number of benzene rings is 3. The van der Waals surface area contributed by atoms with Gasteiger partial charge in [0.05, 0.1) is 11.1 Å². The third kappa shape index (κ3) is 5.23. The van der Waals surface area contributed by atoms with Gasteiger partial charge in [0.1, 0.15) is 11.6 Å². The van der Waals surface area contributed by atoms with Gasteiger partial charge in [0.25, 0.3) is 11.5 Å². The topological polar surface area (TPSA) is 41.6 Å². The zero-order chi connectivity index (χ0) is 29.7. The molecule has 3 aromatic rings. The number of amides is 1. The van der Waals surface area contributed by atoms with E-state index in [1.807, 2.05) is 5.32 Å². The third-order valence-corrected chi connectivity index (χ3v) is 6.40. The van der Waals surface area contributed by atoms with Crippen molar-refractivity contribution in [1.82, 2.24) is 5.32 Å². The predicted octanol–water partition coefficient (Wildman–Crippen LogP) is 6.85. The smallest absolute Gasteiger partial charge is 0.340 e. The molecule has 2 unspecified atom stereocenters. The maximum atomic E-state index is 14.6. The van der Waals surface area contributed by atoms with Crippen LogP contribution in [0.15, 0.2) is 72.8 Å². The van der Waals surface area contributed by atoms with E-state index in [2.05, 4.69) is 4.74 Å². The molecule has 0 spiro atoms. The number of epoxide rings is 1. The largest absolute Gasteiger partial charge is 0.429 e. The maximum absolute atomic E-state index is 14.6. The van der Waals surface area contributed by atoms with Crippen LogP contribution in [0.25, 0.3) is 0 Å². The van der Waals surface area contributed by atoms with Crippen LogP contribution in [-0.4, -0.2) is 30.0 Å². The van der Waals surface area contributed by atoms with Gasteiger partial charge in [0, 0.05) is 6.42 Å². The molecule has 0 bridgehead atoms. The number of alkyl halides is 9. The molecule has 40 heavy (non-hydrogen) atoms. The molecule has 0 saturated carbocycles. The Morgan fingerprint density at radius 1 is 0.725 bits per heavy atom. The Kier molecular flexibility index (Phi) is 7.14. The first-order valence-electron chi connectivity index (χ1n) is 11.2. The fourth-order valence-corrected chi connectivity index (χ4v) is 4.45. The number of hydrogen-bond acceptors (Lipinski definition) is 2. The van der Waals surface area contributed by atoms with E-state index in [4.69, 9.17) is 0 Å². The molecule has 1 aliphatic heterocycles. The van der Waals surface area contributed by atoms with Crippen molar-refractivity contribution in [3.63, 3.8) is 0 Å². The minimum Gasteiger partial charge on any atom is -0.340 e. The van der Waals surface area contributed by atoms with Crippen LogP contribution in [0, 0.1) is 11.6 Å². The van der Waals surface area contributed by atoms with Crippen molar-refractivity contribution in [3.8, 4) is 0 Å². The van der Waals surface area contributed by atoms with Crippen molar-refractivity contribution in [3.05, 3.63) is 107 Å². The van der Waals surface area contributed by atoms with Crippen molar-refractivity contribution in [2.24, 2.45) is 0 Å². The van der Waals surface area contributed by atoms with Crippen LogP contribution in [0.2, 0.25) is 0 Å². The average molecular weight is 583 g/mol. The first-order valence-corrected chi connectivity index (χ1v) is 11.2. The van der Waals surface area contributed by atoms with Gasteiger partial charge >= 0.3 is 18.5 Å². The number of nitrogens with one attached hydrogen (secondary N) is 1. The standard InChI is InChI=1S/C26H16F11NO2/c27-18-8-6-15(7-9-18)22(13-14-4-2-1-3-5-14,16-10-17(24(29,30)31)12-19(28)11-16)38-21(39)20-23(40-20,25(32,33)34)26(35,36)37/h1-12,20H,13H2,(H,38,39). The number of carbonyl (C=O) groups is 1. The monoisotopic (exact) mass is 583 g/mol. The molecule has 3 aromatic carbocycles. The SMILES string of the molecule is O=C(NC(Cc1ccccc1)(c1ccc(F)cc1)c1cc(F)cc(C(F)(F)F)c1)C1OC1(C(F)(F)F)C(F)(F)F. The molecule has 3 nitrogen and oxygen atoms in total. The number of ether oxygens (including phenoxy) is 1. The van der Waals surface area contributed by atoms with Crippen LogP contribution < -0.4 is 5.32 Å². The van der Waals surface area contributed by atoms with Gasteiger partial charge in [-0.2, -0.15) is 39.5 Å². The van der Waals surface area contributed by atoms with E-state index in [9.17, 15) is 53.1 Å². The van der Waals surface area contributed by atoms with Gasteiger partial charge in [-0.05, 0) is 47.0 Å². The summed E-state index contributed by atoms with van der Waals surface area (Å²) in [5.41, 5.74) is -9.59. The lowest BCUT2D eigenvalue weighted by Gasteiger charge is -2.37. The third-order valence-electron chi connectivity index (χ3n) is 6.40.